The number of carboxylic acid groups (broad SMARTS) is 1. The quantitative estimate of drug-likeness (QED) is 0.749. The van der Waals surface area contributed by atoms with Crippen LogP contribution in [0.1, 0.15) is 39.5 Å². The lowest BCUT2D eigenvalue weighted by Gasteiger charge is -2.38. The van der Waals surface area contributed by atoms with Crippen molar-refractivity contribution in [1.29, 1.82) is 0 Å². The molecule has 0 radical (unpaired) electrons. The van der Waals surface area contributed by atoms with Crippen LogP contribution in [0.25, 0.3) is 0 Å². The number of likely N-dealkylation sites (N-methyl/N-ethyl adjacent to an activating group) is 1. The van der Waals surface area contributed by atoms with E-state index in [1.807, 2.05) is 14.0 Å². The molecule has 0 aliphatic carbocycles. The topological polar surface area (TPSA) is 72.9 Å². The van der Waals surface area contributed by atoms with Crippen LogP contribution < -0.4 is 5.32 Å². The van der Waals surface area contributed by atoms with Gasteiger partial charge in [-0.1, -0.05) is 20.3 Å². The maximum atomic E-state index is 12.1. The van der Waals surface area contributed by atoms with Gasteiger partial charge in [0.1, 0.15) is 0 Å². The van der Waals surface area contributed by atoms with Gasteiger partial charge in [0.05, 0.1) is 5.41 Å². The highest BCUT2D eigenvalue weighted by Gasteiger charge is 2.41. The van der Waals surface area contributed by atoms with Crippen LogP contribution in [0.5, 0.6) is 0 Å². The van der Waals surface area contributed by atoms with Crippen molar-refractivity contribution in [2.75, 3.05) is 39.8 Å². The fourth-order valence-electron chi connectivity index (χ4n) is 2.81. The second-order valence-electron chi connectivity index (χ2n) is 5.95. The Kier molecular flexibility index (Phi) is 6.95. The summed E-state index contributed by atoms with van der Waals surface area (Å²) < 4.78 is 0. The number of carboxylic acids is 1. The summed E-state index contributed by atoms with van der Waals surface area (Å²) in [5, 5.41) is 12.4. The van der Waals surface area contributed by atoms with Gasteiger partial charge >= 0.3 is 12.0 Å². The number of hydrogen-bond acceptors (Lipinski definition) is 3. The van der Waals surface area contributed by atoms with Crippen molar-refractivity contribution in [2.24, 2.45) is 5.41 Å². The van der Waals surface area contributed by atoms with Crippen molar-refractivity contribution in [3.63, 3.8) is 0 Å². The van der Waals surface area contributed by atoms with E-state index in [2.05, 4.69) is 17.1 Å². The second kappa shape index (κ2) is 8.22. The van der Waals surface area contributed by atoms with Gasteiger partial charge in [-0.15, -0.1) is 0 Å². The second-order valence-corrected chi connectivity index (χ2v) is 5.95. The van der Waals surface area contributed by atoms with Crippen LogP contribution in [-0.4, -0.2) is 66.7 Å². The van der Waals surface area contributed by atoms with Crippen LogP contribution in [0.3, 0.4) is 0 Å². The Bertz CT molecular complexity index is 352. The summed E-state index contributed by atoms with van der Waals surface area (Å²) in [5.41, 5.74) is -0.631. The predicted molar refractivity (Wildman–Crippen MR) is 82.4 cm³/mol. The minimum absolute atomic E-state index is 0.0741. The number of nitrogens with one attached hydrogen (secondary N) is 1. The zero-order chi connectivity index (χ0) is 15.9. The molecule has 1 saturated heterocycles. The first-order valence-corrected chi connectivity index (χ1v) is 7.90. The molecular formula is C15H29N3O3. The molecule has 21 heavy (non-hydrogen) atoms. The average Bonchev–Trinajstić information content (AvgIpc) is 2.47. The fraction of sp³-hybridized carbons (Fsp3) is 0.867. The first-order valence-electron chi connectivity index (χ1n) is 7.90. The smallest absolute Gasteiger partial charge is 0.317 e. The minimum atomic E-state index is -0.714. The summed E-state index contributed by atoms with van der Waals surface area (Å²) in [6.45, 7) is 7.55. The maximum absolute atomic E-state index is 12.1. The number of carbonyl (C=O) groups is 2. The van der Waals surface area contributed by atoms with Gasteiger partial charge in [0.15, 0.2) is 0 Å². The third kappa shape index (κ3) is 4.88. The molecule has 1 fully saturated rings. The molecule has 2 N–H and O–H groups in total. The molecule has 1 heterocycles. The molecule has 0 aromatic heterocycles. The molecule has 0 saturated carbocycles. The molecule has 0 aromatic carbocycles. The molecule has 0 aromatic rings. The lowest BCUT2D eigenvalue weighted by Crippen LogP contribution is -2.50. The van der Waals surface area contributed by atoms with E-state index < -0.39 is 11.4 Å². The zero-order valence-corrected chi connectivity index (χ0v) is 13.5. The third-order valence-electron chi connectivity index (χ3n) is 4.50. The molecule has 2 amide bonds. The van der Waals surface area contributed by atoms with Gasteiger partial charge in [-0.05, 0) is 32.9 Å². The van der Waals surface area contributed by atoms with Crippen molar-refractivity contribution in [3.05, 3.63) is 0 Å². The van der Waals surface area contributed by atoms with Crippen LogP contribution in [0.2, 0.25) is 0 Å². The lowest BCUT2D eigenvalue weighted by molar-refractivity contribution is -0.152. The van der Waals surface area contributed by atoms with Gasteiger partial charge in [0.25, 0.3) is 0 Å². The number of nitrogens with zero attached hydrogens (tertiary/aromatic N) is 2. The fourth-order valence-corrected chi connectivity index (χ4v) is 2.81. The number of amides is 2. The molecule has 6 nitrogen and oxygen atoms in total. The first-order chi connectivity index (χ1) is 9.95. The lowest BCUT2D eigenvalue weighted by atomic mass is 9.75. The van der Waals surface area contributed by atoms with Gasteiger partial charge in [-0.2, -0.15) is 0 Å². The largest absolute Gasteiger partial charge is 0.481 e. The Morgan fingerprint density at radius 3 is 2.38 bits per heavy atom. The highest BCUT2D eigenvalue weighted by molar-refractivity contribution is 5.77. The Balaban J connectivity index is 2.41. The van der Waals surface area contributed by atoms with E-state index in [4.69, 9.17) is 0 Å². The van der Waals surface area contributed by atoms with Crippen molar-refractivity contribution < 1.29 is 14.7 Å². The average molecular weight is 299 g/mol. The third-order valence-corrected chi connectivity index (χ3v) is 4.50. The van der Waals surface area contributed by atoms with E-state index in [9.17, 15) is 14.7 Å². The molecule has 0 atom stereocenters. The van der Waals surface area contributed by atoms with Crippen molar-refractivity contribution >= 4 is 12.0 Å². The summed E-state index contributed by atoms with van der Waals surface area (Å²) in [7, 11) is 2.01. The molecule has 0 bridgehead atoms. The van der Waals surface area contributed by atoms with E-state index in [-0.39, 0.29) is 6.03 Å². The normalized spacial score (nSPS) is 17.8. The summed E-state index contributed by atoms with van der Waals surface area (Å²) >= 11 is 0. The highest BCUT2D eigenvalue weighted by Crippen LogP contribution is 2.36. The van der Waals surface area contributed by atoms with Crippen LogP contribution in [0, 0.1) is 5.41 Å². The monoisotopic (exact) mass is 299 g/mol. The molecule has 6 heteroatoms. The minimum Gasteiger partial charge on any atom is -0.481 e. The van der Waals surface area contributed by atoms with E-state index in [1.54, 1.807) is 4.90 Å². The SMILES string of the molecule is CCCC1(C(=O)O)CCN(C(=O)NCCN(C)CC)CC1. The zero-order valence-electron chi connectivity index (χ0n) is 13.5. The van der Waals surface area contributed by atoms with Crippen LogP contribution >= 0.6 is 0 Å². The van der Waals surface area contributed by atoms with Crippen molar-refractivity contribution in [3.8, 4) is 0 Å². The highest BCUT2D eigenvalue weighted by atomic mass is 16.4. The van der Waals surface area contributed by atoms with E-state index in [0.29, 0.717) is 38.9 Å². The number of hydrogen-bond donors (Lipinski definition) is 2. The number of rotatable bonds is 7. The van der Waals surface area contributed by atoms with E-state index in [0.717, 1.165) is 19.5 Å². The Labute approximate surface area is 127 Å². The van der Waals surface area contributed by atoms with Crippen LogP contribution in [-0.2, 0) is 4.79 Å². The standard InChI is InChI=1S/C15H29N3O3/c1-4-6-15(13(19)20)7-10-18(11-8-15)14(21)16-9-12-17(3)5-2/h4-12H2,1-3H3,(H,16,21)(H,19,20). The van der Waals surface area contributed by atoms with Crippen LogP contribution in [0.4, 0.5) is 4.79 Å². The van der Waals surface area contributed by atoms with Gasteiger partial charge < -0.3 is 20.2 Å². The Hall–Kier alpha value is -1.30. The number of aliphatic carboxylic acids is 1. The summed E-state index contributed by atoms with van der Waals surface area (Å²) in [5.74, 6) is -0.714. The van der Waals surface area contributed by atoms with Crippen molar-refractivity contribution in [1.82, 2.24) is 15.1 Å². The molecular weight excluding hydrogens is 270 g/mol. The molecule has 1 aliphatic rings. The van der Waals surface area contributed by atoms with E-state index in [1.165, 1.54) is 0 Å². The summed E-state index contributed by atoms with van der Waals surface area (Å²) in [4.78, 5) is 27.4. The molecule has 0 unspecified atom stereocenters. The van der Waals surface area contributed by atoms with Gasteiger partial charge in [0.2, 0.25) is 0 Å². The van der Waals surface area contributed by atoms with Gasteiger partial charge in [-0.3, -0.25) is 4.79 Å². The number of carbonyl (C=O) groups excluding carboxylic acids is 1. The van der Waals surface area contributed by atoms with Gasteiger partial charge in [-0.25, -0.2) is 4.79 Å². The molecule has 1 aliphatic heterocycles. The van der Waals surface area contributed by atoms with Crippen LogP contribution in [0.15, 0.2) is 0 Å². The first kappa shape index (κ1) is 17.8. The Morgan fingerprint density at radius 1 is 1.29 bits per heavy atom. The summed E-state index contributed by atoms with van der Waals surface area (Å²) in [6, 6.07) is -0.0741. The predicted octanol–water partition coefficient (Wildman–Crippen LogP) is 1.61. The molecule has 122 valence electrons. The van der Waals surface area contributed by atoms with Crippen molar-refractivity contribution in [2.45, 2.75) is 39.5 Å². The van der Waals surface area contributed by atoms with Gasteiger partial charge in [0, 0.05) is 26.2 Å². The number of piperidine rings is 1. The number of urea groups is 1. The number of likely N-dealkylation sites (tertiary alicyclic amines) is 1. The molecule has 1 rings (SSSR count). The Morgan fingerprint density at radius 2 is 1.90 bits per heavy atom. The van der Waals surface area contributed by atoms with E-state index >= 15 is 0 Å². The summed E-state index contributed by atoms with van der Waals surface area (Å²) in [6.07, 6.45) is 2.66. The maximum Gasteiger partial charge on any atom is 0.317 e. The molecule has 0 spiro atoms.